The van der Waals surface area contributed by atoms with E-state index in [-0.39, 0.29) is 0 Å². The summed E-state index contributed by atoms with van der Waals surface area (Å²) in [5.74, 6) is -50.9. The second-order valence-corrected chi connectivity index (χ2v) is 7.76. The SMILES string of the molecule is C=CCN.O=S(=O)(O)C(F)(F)C(F)(F)C(F)(F)C(F)(F)C(F)(F)C(F)(F)C(F)(F)C(F)CC(F)(F)F. The van der Waals surface area contributed by atoms with Crippen molar-refractivity contribution in [1.82, 2.24) is 0 Å². The Morgan fingerprint density at radius 1 is 0.694 bits per heavy atom. The predicted octanol–water partition coefficient (Wildman–Crippen LogP) is 5.70. The minimum atomic E-state index is -8.84. The number of hydrogen-bond acceptors (Lipinski definition) is 3. The van der Waals surface area contributed by atoms with Crippen molar-refractivity contribution in [2.24, 2.45) is 5.73 Å². The molecule has 218 valence electrons. The lowest BCUT2D eigenvalue weighted by Crippen LogP contribution is -2.74. The Morgan fingerprint density at radius 2 is 0.972 bits per heavy atom. The van der Waals surface area contributed by atoms with E-state index in [1.807, 2.05) is 0 Å². The molecule has 0 aliphatic heterocycles. The first kappa shape index (κ1) is 36.5. The fourth-order valence-corrected chi connectivity index (χ4v) is 2.13. The summed E-state index contributed by atoms with van der Waals surface area (Å²) in [7, 11) is -7.91. The summed E-state index contributed by atoms with van der Waals surface area (Å²) in [4.78, 5) is 0. The predicted molar refractivity (Wildman–Crippen MR) is 81.0 cm³/mol. The summed E-state index contributed by atoms with van der Waals surface area (Å²) in [5, 5.41) is -7.85. The Morgan fingerprint density at radius 3 is 1.22 bits per heavy atom. The smallest absolute Gasteiger partial charge is 0.327 e. The van der Waals surface area contributed by atoms with Crippen LogP contribution in [0.2, 0.25) is 0 Å². The summed E-state index contributed by atoms with van der Waals surface area (Å²) in [5.41, 5.74) is 4.91. The average molecular weight is 603 g/mol. The molecular weight excluding hydrogens is 592 g/mol. The molecule has 0 heterocycles. The van der Waals surface area contributed by atoms with Gasteiger partial charge >= 0.3 is 57.1 Å². The normalized spacial score (nSPS) is 16.2. The lowest BCUT2D eigenvalue weighted by atomic mass is 9.89. The largest absolute Gasteiger partial charge is 0.438 e. The van der Waals surface area contributed by atoms with Crippen molar-refractivity contribution in [1.29, 1.82) is 0 Å². The molecule has 1 atom stereocenters. The highest BCUT2D eigenvalue weighted by Crippen LogP contribution is 2.63. The molecule has 0 amide bonds. The van der Waals surface area contributed by atoms with E-state index in [1.54, 1.807) is 6.08 Å². The van der Waals surface area contributed by atoms with Gasteiger partial charge in [-0.2, -0.15) is 83.1 Å². The molecule has 0 saturated carbocycles. The van der Waals surface area contributed by atoms with Gasteiger partial charge < -0.3 is 5.73 Å². The van der Waals surface area contributed by atoms with Crippen LogP contribution in [-0.2, 0) is 10.1 Å². The highest BCUT2D eigenvalue weighted by molar-refractivity contribution is 7.87. The molecule has 0 aromatic heterocycles. The van der Waals surface area contributed by atoms with Gasteiger partial charge in [-0.15, -0.1) is 6.58 Å². The summed E-state index contributed by atoms with van der Waals surface area (Å²) in [6, 6.07) is 0. The van der Waals surface area contributed by atoms with E-state index in [0.29, 0.717) is 6.54 Å². The molecule has 3 N–H and O–H groups in total. The second kappa shape index (κ2) is 10.3. The van der Waals surface area contributed by atoms with Gasteiger partial charge in [-0.25, -0.2) is 4.39 Å². The van der Waals surface area contributed by atoms with Crippen LogP contribution < -0.4 is 5.73 Å². The molecule has 0 aromatic rings. The fraction of sp³-hybridized carbons (Fsp3) is 0.846. The molecule has 0 aromatic carbocycles. The van der Waals surface area contributed by atoms with Gasteiger partial charge in [0.05, 0.1) is 6.42 Å². The van der Waals surface area contributed by atoms with Crippen LogP contribution >= 0.6 is 0 Å². The zero-order valence-corrected chi connectivity index (χ0v) is 17.1. The minimum absolute atomic E-state index is 0.583. The standard InChI is InChI=1S/C10H4F18O3S.C3H7N/c11-2(1-3(12,13)14)4(15,16)5(17,18)6(19,20)7(21,22)8(23,24)9(25,26)10(27,28)32(29,30)31;1-2-3-4/h2H,1H2,(H,29,30,31);2H,1,3-4H2. The fourth-order valence-electron chi connectivity index (χ4n) is 1.67. The van der Waals surface area contributed by atoms with Crippen molar-refractivity contribution >= 4 is 10.1 Å². The molecule has 0 aliphatic rings. The molecule has 4 nitrogen and oxygen atoms in total. The Bertz CT molecular complexity index is 866. The summed E-state index contributed by atoms with van der Waals surface area (Å²) < 4.78 is 260. The van der Waals surface area contributed by atoms with Crippen LogP contribution in [0, 0.1) is 0 Å². The van der Waals surface area contributed by atoms with E-state index >= 15 is 0 Å². The third-order valence-electron chi connectivity index (χ3n) is 3.66. The second-order valence-electron chi connectivity index (χ2n) is 6.30. The molecule has 0 aliphatic carbocycles. The molecule has 0 radical (unpaired) electrons. The van der Waals surface area contributed by atoms with Gasteiger partial charge in [-0.3, -0.25) is 4.55 Å². The first-order chi connectivity index (χ1) is 15.3. The summed E-state index contributed by atoms with van der Waals surface area (Å²) in [6.45, 7) is 3.94. The zero-order chi connectivity index (χ0) is 30.2. The van der Waals surface area contributed by atoms with Crippen molar-refractivity contribution in [2.75, 3.05) is 6.54 Å². The molecule has 0 fully saturated rings. The van der Waals surface area contributed by atoms with Crippen molar-refractivity contribution in [3.05, 3.63) is 12.7 Å². The monoisotopic (exact) mass is 603 g/mol. The number of rotatable bonds is 10. The molecule has 0 rings (SSSR count). The van der Waals surface area contributed by atoms with Crippen molar-refractivity contribution in [2.45, 2.75) is 59.6 Å². The van der Waals surface area contributed by atoms with Gasteiger partial charge in [0.2, 0.25) is 0 Å². The number of nitrogens with two attached hydrogens (primary N) is 1. The van der Waals surface area contributed by atoms with Gasteiger partial charge in [-0.1, -0.05) is 6.08 Å². The Labute approximate surface area is 187 Å². The minimum Gasteiger partial charge on any atom is -0.327 e. The third-order valence-corrected chi connectivity index (χ3v) is 4.56. The maximum absolute atomic E-state index is 13.3. The van der Waals surface area contributed by atoms with Crippen LogP contribution in [0.1, 0.15) is 6.42 Å². The molecular formula is C13H11F18NO3S. The summed E-state index contributed by atoms with van der Waals surface area (Å²) in [6.07, 6.45) is -14.0. The van der Waals surface area contributed by atoms with Crippen molar-refractivity contribution in [3.8, 4) is 0 Å². The van der Waals surface area contributed by atoms with E-state index in [1.165, 1.54) is 0 Å². The first-order valence-electron chi connectivity index (χ1n) is 7.93. The van der Waals surface area contributed by atoms with Crippen molar-refractivity contribution < 1.29 is 92.0 Å². The van der Waals surface area contributed by atoms with E-state index in [9.17, 15) is 87.4 Å². The van der Waals surface area contributed by atoms with Gasteiger partial charge in [0.25, 0.3) is 0 Å². The van der Waals surface area contributed by atoms with Gasteiger partial charge in [0, 0.05) is 6.54 Å². The number of halogens is 18. The maximum atomic E-state index is 13.3. The van der Waals surface area contributed by atoms with Crippen LogP contribution in [0.5, 0.6) is 0 Å². The molecule has 0 bridgehead atoms. The van der Waals surface area contributed by atoms with Gasteiger partial charge in [0.1, 0.15) is 0 Å². The number of alkyl halides is 18. The van der Waals surface area contributed by atoms with Crippen LogP contribution in [0.25, 0.3) is 0 Å². The van der Waals surface area contributed by atoms with Crippen LogP contribution in [-0.4, -0.2) is 72.7 Å². The van der Waals surface area contributed by atoms with Crippen LogP contribution in [0.3, 0.4) is 0 Å². The van der Waals surface area contributed by atoms with Crippen molar-refractivity contribution in [3.63, 3.8) is 0 Å². The van der Waals surface area contributed by atoms with E-state index < -0.39 is 69.7 Å². The zero-order valence-electron chi connectivity index (χ0n) is 16.3. The van der Waals surface area contributed by atoms with Gasteiger partial charge in [-0.05, 0) is 0 Å². The first-order valence-corrected chi connectivity index (χ1v) is 9.37. The van der Waals surface area contributed by atoms with Gasteiger partial charge in [0.15, 0.2) is 6.17 Å². The lowest BCUT2D eigenvalue weighted by Gasteiger charge is -2.42. The Kier molecular flexibility index (Phi) is 10.4. The Hall–Kier alpha value is -1.65. The Balaban J connectivity index is 0. The van der Waals surface area contributed by atoms with E-state index in [2.05, 4.69) is 6.58 Å². The molecule has 36 heavy (non-hydrogen) atoms. The van der Waals surface area contributed by atoms with E-state index in [0.717, 1.165) is 0 Å². The average Bonchev–Trinajstić information content (AvgIpc) is 2.64. The quantitative estimate of drug-likeness (QED) is 0.191. The molecule has 0 spiro atoms. The van der Waals surface area contributed by atoms with Crippen LogP contribution in [0.15, 0.2) is 12.7 Å². The molecule has 1 unspecified atom stereocenters. The summed E-state index contributed by atoms with van der Waals surface area (Å²) >= 11 is 0. The third kappa shape index (κ3) is 5.91. The maximum Gasteiger partial charge on any atom is 0.438 e. The highest BCUT2D eigenvalue weighted by Gasteiger charge is 2.94. The highest BCUT2D eigenvalue weighted by atomic mass is 32.2. The van der Waals surface area contributed by atoms with E-state index in [4.69, 9.17) is 10.3 Å². The molecule has 0 saturated heterocycles. The topological polar surface area (TPSA) is 80.4 Å². The molecule has 23 heteroatoms. The van der Waals surface area contributed by atoms with Crippen LogP contribution in [0.4, 0.5) is 79.0 Å². The lowest BCUT2D eigenvalue weighted by molar-refractivity contribution is -0.439. The number of hydrogen-bond donors (Lipinski definition) is 2.